The molecule has 0 radical (unpaired) electrons. The first-order chi connectivity index (χ1) is 7.24. The molecule has 1 aromatic carbocycles. The topological polar surface area (TPSA) is 41.9 Å². The molecule has 0 amide bonds. The van der Waals surface area contributed by atoms with Crippen LogP contribution < -0.4 is 9.47 Å². The van der Waals surface area contributed by atoms with E-state index in [0.29, 0.717) is 6.54 Å². The molecular formula is C11H14ClNO3. The highest BCUT2D eigenvalue weighted by atomic mass is 35.5. The minimum atomic E-state index is -0.423. The van der Waals surface area contributed by atoms with E-state index in [0.717, 1.165) is 29.2 Å². The van der Waals surface area contributed by atoms with Crippen molar-refractivity contribution in [2.24, 2.45) is 0 Å². The van der Waals surface area contributed by atoms with Gasteiger partial charge < -0.3 is 14.6 Å². The van der Waals surface area contributed by atoms with Gasteiger partial charge >= 0.3 is 0 Å². The molecule has 1 atom stereocenters. The second kappa shape index (κ2) is 4.13. The highest BCUT2D eigenvalue weighted by Gasteiger charge is 2.25. The molecule has 0 aromatic heterocycles. The third kappa shape index (κ3) is 1.73. The van der Waals surface area contributed by atoms with Crippen molar-refractivity contribution in [3.8, 4) is 11.5 Å². The molecule has 2 heterocycles. The number of halogens is 1. The Morgan fingerprint density at radius 3 is 2.75 bits per heavy atom. The number of benzene rings is 1. The van der Waals surface area contributed by atoms with Crippen molar-refractivity contribution in [1.82, 2.24) is 4.90 Å². The van der Waals surface area contributed by atoms with Gasteiger partial charge in [0.25, 0.3) is 0 Å². The molecule has 1 N–H and O–H groups in total. The van der Waals surface area contributed by atoms with E-state index >= 15 is 0 Å². The molecule has 0 spiro atoms. The average molecular weight is 244 g/mol. The number of likely N-dealkylation sites (N-methyl/N-ethyl adjacent to an activating group) is 1. The van der Waals surface area contributed by atoms with E-state index in [2.05, 4.69) is 4.90 Å². The Balaban J connectivity index is 0.000000963. The lowest BCUT2D eigenvalue weighted by molar-refractivity contribution is 0.107. The number of fused-ring (bicyclic) bond motifs is 2. The predicted molar refractivity (Wildman–Crippen MR) is 61.1 cm³/mol. The van der Waals surface area contributed by atoms with Gasteiger partial charge in [0.2, 0.25) is 6.79 Å². The molecule has 2 aliphatic heterocycles. The van der Waals surface area contributed by atoms with Gasteiger partial charge in [0.1, 0.15) is 0 Å². The molecule has 0 saturated carbocycles. The van der Waals surface area contributed by atoms with Crippen LogP contribution in [0.25, 0.3) is 0 Å². The summed E-state index contributed by atoms with van der Waals surface area (Å²) in [7, 11) is 2.00. The summed E-state index contributed by atoms with van der Waals surface area (Å²) in [6.45, 7) is 1.81. The van der Waals surface area contributed by atoms with Crippen molar-refractivity contribution in [3.63, 3.8) is 0 Å². The quantitative estimate of drug-likeness (QED) is 0.746. The van der Waals surface area contributed by atoms with Crippen LogP contribution in [0.15, 0.2) is 12.1 Å². The molecule has 88 valence electrons. The SMILES string of the molecule is CN1Cc2cc3c(cc2C(O)C1)OCO3.Cl. The first-order valence-electron chi connectivity index (χ1n) is 5.03. The molecule has 16 heavy (non-hydrogen) atoms. The number of ether oxygens (including phenoxy) is 2. The Labute approximate surface area is 100 Å². The molecule has 1 aromatic rings. The number of aliphatic hydroxyl groups is 1. The summed E-state index contributed by atoms with van der Waals surface area (Å²) < 4.78 is 10.6. The Morgan fingerprint density at radius 1 is 1.31 bits per heavy atom. The summed E-state index contributed by atoms with van der Waals surface area (Å²) >= 11 is 0. The monoisotopic (exact) mass is 243 g/mol. The first kappa shape index (κ1) is 11.5. The minimum Gasteiger partial charge on any atom is -0.454 e. The maximum atomic E-state index is 9.92. The Morgan fingerprint density at radius 2 is 2.00 bits per heavy atom. The fraction of sp³-hybridized carbons (Fsp3) is 0.455. The van der Waals surface area contributed by atoms with E-state index in [1.807, 2.05) is 19.2 Å². The van der Waals surface area contributed by atoms with Gasteiger partial charge in [-0.15, -0.1) is 12.4 Å². The standard InChI is InChI=1S/C11H13NO3.ClH/c1-12-4-7-2-10-11(15-6-14-10)3-8(7)9(13)5-12;/h2-3,9,13H,4-6H2,1H3;1H. The van der Waals surface area contributed by atoms with Crippen LogP contribution in [0.4, 0.5) is 0 Å². The highest BCUT2D eigenvalue weighted by molar-refractivity contribution is 5.85. The number of aliphatic hydroxyl groups excluding tert-OH is 1. The number of nitrogens with zero attached hydrogens (tertiary/aromatic N) is 1. The van der Waals surface area contributed by atoms with E-state index in [1.54, 1.807) is 0 Å². The van der Waals surface area contributed by atoms with Crippen LogP contribution in [-0.4, -0.2) is 30.4 Å². The second-order valence-corrected chi connectivity index (χ2v) is 4.12. The Kier molecular flexibility index (Phi) is 2.97. The minimum absolute atomic E-state index is 0. The Hall–Kier alpha value is -0.970. The lowest BCUT2D eigenvalue weighted by Gasteiger charge is -2.29. The number of β-amino-alcohol motifs (C(OH)–C–C–N with tert-alkyl or cyclic N) is 1. The molecule has 5 heteroatoms. The third-order valence-corrected chi connectivity index (χ3v) is 2.92. The van der Waals surface area contributed by atoms with Gasteiger partial charge in [-0.1, -0.05) is 0 Å². The fourth-order valence-electron chi connectivity index (χ4n) is 2.20. The zero-order valence-electron chi connectivity index (χ0n) is 8.97. The predicted octanol–water partition coefficient (Wildman–Crippen LogP) is 1.32. The van der Waals surface area contributed by atoms with E-state index in [4.69, 9.17) is 9.47 Å². The molecular weight excluding hydrogens is 230 g/mol. The lowest BCUT2D eigenvalue weighted by atomic mass is 9.97. The number of rotatable bonds is 0. The third-order valence-electron chi connectivity index (χ3n) is 2.92. The van der Waals surface area contributed by atoms with Crippen molar-refractivity contribution in [2.75, 3.05) is 20.4 Å². The van der Waals surface area contributed by atoms with Crippen LogP contribution in [0, 0.1) is 0 Å². The van der Waals surface area contributed by atoms with E-state index in [1.165, 1.54) is 0 Å². The van der Waals surface area contributed by atoms with Crippen molar-refractivity contribution in [2.45, 2.75) is 12.6 Å². The summed E-state index contributed by atoms with van der Waals surface area (Å²) in [5.41, 5.74) is 2.10. The molecule has 0 bridgehead atoms. The van der Waals surface area contributed by atoms with Gasteiger partial charge in [-0.25, -0.2) is 0 Å². The molecule has 0 fully saturated rings. The van der Waals surface area contributed by atoms with Crippen LogP contribution in [0.2, 0.25) is 0 Å². The molecule has 1 unspecified atom stereocenters. The summed E-state index contributed by atoms with van der Waals surface area (Å²) in [5, 5.41) is 9.92. The average Bonchev–Trinajstić information content (AvgIpc) is 2.61. The molecule has 4 nitrogen and oxygen atoms in total. The second-order valence-electron chi connectivity index (χ2n) is 4.12. The van der Waals surface area contributed by atoms with Gasteiger partial charge in [0, 0.05) is 13.1 Å². The molecule has 0 saturated heterocycles. The zero-order chi connectivity index (χ0) is 10.4. The first-order valence-corrected chi connectivity index (χ1v) is 5.03. The molecule has 3 rings (SSSR count). The maximum Gasteiger partial charge on any atom is 0.231 e. The number of hydrogen-bond donors (Lipinski definition) is 1. The summed E-state index contributed by atoms with van der Waals surface area (Å²) in [4.78, 5) is 2.09. The van der Waals surface area contributed by atoms with Crippen LogP contribution in [0.1, 0.15) is 17.2 Å². The van der Waals surface area contributed by atoms with Gasteiger partial charge in [-0.3, -0.25) is 4.90 Å². The molecule has 0 aliphatic carbocycles. The molecule has 2 aliphatic rings. The van der Waals surface area contributed by atoms with Gasteiger partial charge in [0.05, 0.1) is 6.10 Å². The fourth-order valence-corrected chi connectivity index (χ4v) is 2.20. The van der Waals surface area contributed by atoms with Gasteiger partial charge in [-0.2, -0.15) is 0 Å². The van der Waals surface area contributed by atoms with Gasteiger partial charge in [-0.05, 0) is 30.3 Å². The largest absolute Gasteiger partial charge is 0.454 e. The van der Waals surface area contributed by atoms with Crippen LogP contribution >= 0.6 is 12.4 Å². The van der Waals surface area contributed by atoms with Crippen molar-refractivity contribution >= 4 is 12.4 Å². The van der Waals surface area contributed by atoms with Crippen LogP contribution in [0.3, 0.4) is 0 Å². The van der Waals surface area contributed by atoms with Crippen LogP contribution in [-0.2, 0) is 6.54 Å². The number of hydrogen-bond acceptors (Lipinski definition) is 4. The maximum absolute atomic E-state index is 9.92. The van der Waals surface area contributed by atoms with Crippen LogP contribution in [0.5, 0.6) is 11.5 Å². The van der Waals surface area contributed by atoms with E-state index < -0.39 is 6.10 Å². The van der Waals surface area contributed by atoms with Gasteiger partial charge in [0.15, 0.2) is 11.5 Å². The lowest BCUT2D eigenvalue weighted by Crippen LogP contribution is -2.30. The van der Waals surface area contributed by atoms with Crippen molar-refractivity contribution in [1.29, 1.82) is 0 Å². The highest BCUT2D eigenvalue weighted by Crippen LogP contribution is 2.38. The summed E-state index contributed by atoms with van der Waals surface area (Å²) in [5.74, 6) is 1.54. The van der Waals surface area contributed by atoms with E-state index in [9.17, 15) is 5.11 Å². The summed E-state index contributed by atoms with van der Waals surface area (Å²) in [6.07, 6.45) is -0.423. The zero-order valence-corrected chi connectivity index (χ0v) is 9.79. The summed E-state index contributed by atoms with van der Waals surface area (Å²) in [6, 6.07) is 3.87. The van der Waals surface area contributed by atoms with Crippen molar-refractivity contribution < 1.29 is 14.6 Å². The smallest absolute Gasteiger partial charge is 0.231 e. The van der Waals surface area contributed by atoms with Crippen molar-refractivity contribution in [3.05, 3.63) is 23.3 Å². The Bertz CT molecular complexity index is 410. The normalized spacial score (nSPS) is 22.5. The van der Waals surface area contributed by atoms with E-state index in [-0.39, 0.29) is 19.2 Å².